The smallest absolute Gasteiger partial charge is 0.315 e. The van der Waals surface area contributed by atoms with Gasteiger partial charge in [0.05, 0.1) is 0 Å². The molecule has 0 saturated carbocycles. The van der Waals surface area contributed by atoms with Crippen LogP contribution in [-0.4, -0.2) is 28.3 Å². The van der Waals surface area contributed by atoms with E-state index in [1.165, 1.54) is 0 Å². The summed E-state index contributed by atoms with van der Waals surface area (Å²) in [6.07, 6.45) is 1.63. The average molecular weight is 254 g/mol. The van der Waals surface area contributed by atoms with Crippen LogP contribution < -0.4 is 10.6 Å². The second kappa shape index (κ2) is 7.06. The van der Waals surface area contributed by atoms with Crippen LogP contribution in [0.3, 0.4) is 0 Å². The summed E-state index contributed by atoms with van der Waals surface area (Å²) < 4.78 is 11.0. The van der Waals surface area contributed by atoms with E-state index < -0.39 is 10.8 Å². The van der Waals surface area contributed by atoms with Gasteiger partial charge in [0.1, 0.15) is 0 Å². The largest absolute Gasteiger partial charge is 0.335 e. The molecule has 0 saturated heterocycles. The molecule has 0 heterocycles. The van der Waals surface area contributed by atoms with Gasteiger partial charge in [0, 0.05) is 35.4 Å². The third-order valence-corrected chi connectivity index (χ3v) is 3.13. The molecule has 4 nitrogen and oxygen atoms in total. The second-order valence-electron chi connectivity index (χ2n) is 3.95. The topological polar surface area (TPSA) is 58.2 Å². The summed E-state index contributed by atoms with van der Waals surface area (Å²) in [4.78, 5) is 11.5. The van der Waals surface area contributed by atoms with Crippen LogP contribution in [0.15, 0.2) is 30.3 Å². The zero-order valence-electron chi connectivity index (χ0n) is 10.1. The number of benzene rings is 1. The minimum Gasteiger partial charge on any atom is -0.335 e. The van der Waals surface area contributed by atoms with Crippen LogP contribution in [0, 0.1) is 0 Å². The number of rotatable bonds is 5. The zero-order chi connectivity index (χ0) is 12.7. The Morgan fingerprint density at radius 2 is 2.00 bits per heavy atom. The van der Waals surface area contributed by atoms with Crippen molar-refractivity contribution in [3.05, 3.63) is 35.9 Å². The molecule has 1 aromatic carbocycles. The van der Waals surface area contributed by atoms with Crippen molar-refractivity contribution < 1.29 is 9.00 Å². The maximum Gasteiger partial charge on any atom is 0.315 e. The summed E-state index contributed by atoms with van der Waals surface area (Å²) in [7, 11) is -0.894. The lowest BCUT2D eigenvalue weighted by molar-refractivity contribution is 0.238. The first-order valence-corrected chi connectivity index (χ1v) is 7.19. The van der Waals surface area contributed by atoms with E-state index in [4.69, 9.17) is 0 Å². The van der Waals surface area contributed by atoms with Gasteiger partial charge in [-0.3, -0.25) is 4.21 Å². The monoisotopic (exact) mass is 254 g/mol. The fourth-order valence-corrected chi connectivity index (χ4v) is 2.23. The molecule has 0 aliphatic carbocycles. The number of hydrogen-bond acceptors (Lipinski definition) is 2. The van der Waals surface area contributed by atoms with Crippen molar-refractivity contribution in [1.29, 1.82) is 0 Å². The lowest BCUT2D eigenvalue weighted by Crippen LogP contribution is -2.42. The Bertz CT molecular complexity index is 381. The van der Waals surface area contributed by atoms with Crippen LogP contribution in [0.5, 0.6) is 0 Å². The van der Waals surface area contributed by atoms with Crippen molar-refractivity contribution in [2.75, 3.05) is 12.0 Å². The highest BCUT2D eigenvalue weighted by atomic mass is 32.2. The Labute approximate surface area is 104 Å². The van der Waals surface area contributed by atoms with Crippen molar-refractivity contribution in [2.24, 2.45) is 0 Å². The number of nitrogens with one attached hydrogen (secondary N) is 2. The van der Waals surface area contributed by atoms with E-state index >= 15 is 0 Å². The van der Waals surface area contributed by atoms with E-state index in [1.54, 1.807) is 6.26 Å². The van der Waals surface area contributed by atoms with Crippen LogP contribution in [0.2, 0.25) is 0 Å². The first kappa shape index (κ1) is 13.7. The Morgan fingerprint density at radius 3 is 2.59 bits per heavy atom. The van der Waals surface area contributed by atoms with Gasteiger partial charge in [-0.15, -0.1) is 0 Å². The molecule has 94 valence electrons. The molecule has 5 heteroatoms. The number of carbonyl (C=O) groups excluding carboxylic acids is 1. The van der Waals surface area contributed by atoms with Gasteiger partial charge in [0.2, 0.25) is 0 Å². The Hall–Kier alpha value is -1.36. The maximum absolute atomic E-state index is 11.5. The van der Waals surface area contributed by atoms with Gasteiger partial charge in [0.25, 0.3) is 0 Å². The first-order chi connectivity index (χ1) is 8.08. The van der Waals surface area contributed by atoms with Gasteiger partial charge in [0.15, 0.2) is 0 Å². The normalized spacial score (nSPS) is 13.8. The van der Waals surface area contributed by atoms with Crippen LogP contribution in [0.1, 0.15) is 12.5 Å². The molecule has 0 aromatic heterocycles. The van der Waals surface area contributed by atoms with Gasteiger partial charge < -0.3 is 10.6 Å². The van der Waals surface area contributed by atoms with Gasteiger partial charge >= 0.3 is 6.03 Å². The van der Waals surface area contributed by atoms with E-state index in [0.717, 1.165) is 5.56 Å². The second-order valence-corrected chi connectivity index (χ2v) is 5.43. The predicted octanol–water partition coefficient (Wildman–Crippen LogP) is 1.25. The molecule has 2 atom stereocenters. The van der Waals surface area contributed by atoms with Crippen molar-refractivity contribution in [3.63, 3.8) is 0 Å². The maximum atomic E-state index is 11.5. The summed E-state index contributed by atoms with van der Waals surface area (Å²) in [6, 6.07) is 9.37. The van der Waals surface area contributed by atoms with Gasteiger partial charge in [-0.2, -0.15) is 0 Å². The van der Waals surface area contributed by atoms with E-state index in [2.05, 4.69) is 10.6 Å². The minimum atomic E-state index is -0.894. The van der Waals surface area contributed by atoms with E-state index in [-0.39, 0.29) is 12.1 Å². The summed E-state index contributed by atoms with van der Waals surface area (Å²) in [5.41, 5.74) is 1.05. The number of carbonyl (C=O) groups is 1. The minimum absolute atomic E-state index is 0.0865. The van der Waals surface area contributed by atoms with E-state index in [9.17, 15) is 9.00 Å². The quantitative estimate of drug-likeness (QED) is 0.831. The fourth-order valence-electron chi connectivity index (χ4n) is 1.45. The molecule has 0 aliphatic heterocycles. The summed E-state index contributed by atoms with van der Waals surface area (Å²) in [6.45, 7) is 2.33. The summed E-state index contributed by atoms with van der Waals surface area (Å²) in [5.74, 6) is 0.471. The van der Waals surface area contributed by atoms with Crippen LogP contribution in [0.25, 0.3) is 0 Å². The van der Waals surface area contributed by atoms with Gasteiger partial charge in [-0.05, 0) is 12.5 Å². The molecule has 0 fully saturated rings. The molecule has 2 N–H and O–H groups in total. The molecular weight excluding hydrogens is 236 g/mol. The Balaban J connectivity index is 2.28. The molecule has 0 radical (unpaired) electrons. The highest BCUT2D eigenvalue weighted by Crippen LogP contribution is 1.97. The number of amides is 2. The van der Waals surface area contributed by atoms with E-state index in [0.29, 0.717) is 12.3 Å². The highest BCUT2D eigenvalue weighted by molar-refractivity contribution is 7.84. The highest BCUT2D eigenvalue weighted by Gasteiger charge is 2.07. The van der Waals surface area contributed by atoms with E-state index in [1.807, 2.05) is 37.3 Å². The van der Waals surface area contributed by atoms with Crippen molar-refractivity contribution in [2.45, 2.75) is 19.5 Å². The first-order valence-electron chi connectivity index (χ1n) is 5.46. The number of urea groups is 1. The fraction of sp³-hybridized carbons (Fsp3) is 0.417. The molecule has 2 unspecified atom stereocenters. The van der Waals surface area contributed by atoms with Gasteiger partial charge in [-0.1, -0.05) is 30.3 Å². The van der Waals surface area contributed by atoms with Crippen molar-refractivity contribution >= 4 is 16.8 Å². The molecule has 0 spiro atoms. The van der Waals surface area contributed by atoms with Crippen LogP contribution in [0.4, 0.5) is 4.79 Å². The standard InChI is InChI=1S/C12H18N2O2S/c1-10(9-17(2)16)14-12(15)13-8-11-6-4-3-5-7-11/h3-7,10H,8-9H2,1-2H3,(H2,13,14,15). The Morgan fingerprint density at radius 1 is 1.35 bits per heavy atom. The molecule has 0 bridgehead atoms. The van der Waals surface area contributed by atoms with Gasteiger partial charge in [-0.25, -0.2) is 4.79 Å². The molecule has 17 heavy (non-hydrogen) atoms. The summed E-state index contributed by atoms with van der Waals surface area (Å²) in [5, 5.41) is 5.49. The molecule has 2 amide bonds. The number of hydrogen-bond donors (Lipinski definition) is 2. The average Bonchev–Trinajstić information content (AvgIpc) is 2.26. The van der Waals surface area contributed by atoms with Crippen molar-refractivity contribution in [1.82, 2.24) is 10.6 Å². The molecule has 1 rings (SSSR count). The zero-order valence-corrected chi connectivity index (χ0v) is 10.9. The lowest BCUT2D eigenvalue weighted by atomic mass is 10.2. The third-order valence-electron chi connectivity index (χ3n) is 2.16. The Kier molecular flexibility index (Phi) is 5.69. The lowest BCUT2D eigenvalue weighted by Gasteiger charge is -2.13. The molecule has 0 aliphatic rings. The molecule has 1 aromatic rings. The van der Waals surface area contributed by atoms with Crippen LogP contribution in [-0.2, 0) is 17.3 Å². The third kappa shape index (κ3) is 6.06. The SMILES string of the molecule is CC(CS(C)=O)NC(=O)NCc1ccccc1. The van der Waals surface area contributed by atoms with Crippen LogP contribution >= 0.6 is 0 Å². The van der Waals surface area contributed by atoms with Crippen molar-refractivity contribution in [3.8, 4) is 0 Å². The summed E-state index contributed by atoms with van der Waals surface area (Å²) >= 11 is 0. The predicted molar refractivity (Wildman–Crippen MR) is 70.2 cm³/mol. The molecular formula is C12H18N2O2S.